The summed E-state index contributed by atoms with van der Waals surface area (Å²) >= 11 is 6.01. The number of nitrogens with zero attached hydrogens (tertiary/aromatic N) is 1. The normalized spacial score (nSPS) is 13.2. The van der Waals surface area contributed by atoms with Crippen molar-refractivity contribution in [1.82, 2.24) is 10.2 Å². The van der Waals surface area contributed by atoms with Gasteiger partial charge in [-0.25, -0.2) is 4.39 Å². The van der Waals surface area contributed by atoms with E-state index in [0.29, 0.717) is 5.02 Å². The van der Waals surface area contributed by atoms with E-state index in [0.717, 1.165) is 25.9 Å². The topological polar surface area (TPSA) is 78.5 Å². The van der Waals surface area contributed by atoms with Gasteiger partial charge in [-0.15, -0.1) is 0 Å². The van der Waals surface area contributed by atoms with E-state index in [-0.39, 0.29) is 35.7 Å². The molecule has 29 heavy (non-hydrogen) atoms. The Hall–Kier alpha value is -2.93. The van der Waals surface area contributed by atoms with Gasteiger partial charge in [0.25, 0.3) is 11.8 Å². The maximum atomic E-state index is 13.0. The molecule has 6 nitrogen and oxygen atoms in total. The van der Waals surface area contributed by atoms with E-state index in [2.05, 4.69) is 10.6 Å². The van der Waals surface area contributed by atoms with Crippen molar-refractivity contribution in [3.63, 3.8) is 0 Å². The van der Waals surface area contributed by atoms with Crippen LogP contribution in [0.3, 0.4) is 0 Å². The van der Waals surface area contributed by atoms with Gasteiger partial charge in [-0.2, -0.15) is 0 Å². The molecule has 0 unspecified atom stereocenters. The van der Waals surface area contributed by atoms with Crippen LogP contribution in [0, 0.1) is 5.82 Å². The highest BCUT2D eigenvalue weighted by molar-refractivity contribution is 6.31. The summed E-state index contributed by atoms with van der Waals surface area (Å²) in [5.41, 5.74) is 0.697. The van der Waals surface area contributed by atoms with Gasteiger partial charge >= 0.3 is 0 Å². The number of carbonyl (C=O) groups excluding carboxylic acids is 3. The molecule has 2 aromatic carbocycles. The fraction of sp³-hybridized carbons (Fsp3) is 0.286. The van der Waals surface area contributed by atoms with Crippen LogP contribution < -0.4 is 10.6 Å². The van der Waals surface area contributed by atoms with Crippen molar-refractivity contribution in [2.24, 2.45) is 0 Å². The zero-order valence-corrected chi connectivity index (χ0v) is 16.5. The van der Waals surface area contributed by atoms with Crippen LogP contribution in [0.4, 0.5) is 10.1 Å². The maximum absolute atomic E-state index is 13.0. The lowest BCUT2D eigenvalue weighted by Gasteiger charge is -2.16. The molecular formula is C21H21ClFN3O3. The molecule has 0 bridgehead atoms. The number of hydrogen-bond donors (Lipinski definition) is 2. The van der Waals surface area contributed by atoms with Gasteiger partial charge in [0.2, 0.25) is 5.91 Å². The average Bonchev–Trinajstić information content (AvgIpc) is 3.23. The minimum Gasteiger partial charge on any atom is -0.351 e. The third kappa shape index (κ3) is 5.54. The Bertz CT molecular complexity index is 912. The van der Waals surface area contributed by atoms with Crippen molar-refractivity contribution >= 4 is 35.0 Å². The molecule has 0 saturated carbocycles. The Morgan fingerprint density at radius 2 is 1.69 bits per heavy atom. The zero-order valence-electron chi connectivity index (χ0n) is 15.7. The van der Waals surface area contributed by atoms with Crippen LogP contribution in [0.1, 0.15) is 40.0 Å². The Morgan fingerprint density at radius 3 is 2.38 bits per heavy atom. The van der Waals surface area contributed by atoms with Crippen molar-refractivity contribution in [3.05, 3.63) is 64.4 Å². The number of carbonyl (C=O) groups is 3. The molecule has 1 aliphatic rings. The molecule has 0 radical (unpaired) electrons. The molecule has 1 saturated heterocycles. The molecule has 2 aromatic rings. The molecule has 8 heteroatoms. The maximum Gasteiger partial charge on any atom is 0.255 e. The molecule has 3 rings (SSSR count). The zero-order chi connectivity index (χ0) is 20.8. The summed E-state index contributed by atoms with van der Waals surface area (Å²) < 4.78 is 13.0. The second-order valence-corrected chi connectivity index (χ2v) is 7.18. The number of amides is 3. The minimum absolute atomic E-state index is 0.0174. The summed E-state index contributed by atoms with van der Waals surface area (Å²) in [4.78, 5) is 38.8. The smallest absolute Gasteiger partial charge is 0.255 e. The molecule has 0 atom stereocenters. The second kappa shape index (κ2) is 9.52. The third-order valence-electron chi connectivity index (χ3n) is 4.66. The van der Waals surface area contributed by atoms with Gasteiger partial charge < -0.3 is 15.5 Å². The lowest BCUT2D eigenvalue weighted by Crippen LogP contribution is -2.33. The first kappa shape index (κ1) is 20.8. The van der Waals surface area contributed by atoms with E-state index >= 15 is 0 Å². The molecule has 3 amide bonds. The summed E-state index contributed by atoms with van der Waals surface area (Å²) in [5.74, 6) is -1.35. The van der Waals surface area contributed by atoms with Crippen LogP contribution >= 0.6 is 11.6 Å². The highest BCUT2D eigenvalue weighted by Gasteiger charge is 2.19. The van der Waals surface area contributed by atoms with Crippen molar-refractivity contribution in [2.45, 2.75) is 19.3 Å². The number of hydrogen-bond acceptors (Lipinski definition) is 3. The summed E-state index contributed by atoms with van der Waals surface area (Å²) in [7, 11) is 0. The largest absolute Gasteiger partial charge is 0.351 e. The number of anilines is 1. The summed E-state index contributed by atoms with van der Waals surface area (Å²) in [6, 6.07) is 9.56. The predicted octanol–water partition coefficient (Wildman–Crippen LogP) is 3.47. The molecular weight excluding hydrogens is 397 g/mol. The first-order chi connectivity index (χ1) is 13.9. The number of benzene rings is 2. The molecule has 1 heterocycles. The summed E-state index contributed by atoms with van der Waals surface area (Å²) in [6.07, 6.45) is 2.25. The highest BCUT2D eigenvalue weighted by Crippen LogP contribution is 2.22. The minimum atomic E-state index is -0.495. The van der Waals surface area contributed by atoms with Crippen LogP contribution in [0.5, 0.6) is 0 Å². The lowest BCUT2D eigenvalue weighted by atomic mass is 10.1. The van der Waals surface area contributed by atoms with Crippen molar-refractivity contribution < 1.29 is 18.8 Å². The van der Waals surface area contributed by atoms with E-state index < -0.39 is 17.6 Å². The quantitative estimate of drug-likeness (QED) is 0.755. The molecule has 1 aliphatic heterocycles. The fourth-order valence-electron chi connectivity index (χ4n) is 3.12. The summed E-state index contributed by atoms with van der Waals surface area (Å²) in [5, 5.41) is 5.68. The van der Waals surface area contributed by atoms with Crippen LogP contribution in [-0.4, -0.2) is 42.3 Å². The molecule has 152 valence electrons. The van der Waals surface area contributed by atoms with Crippen molar-refractivity contribution in [2.75, 3.05) is 25.0 Å². The lowest BCUT2D eigenvalue weighted by molar-refractivity contribution is -0.129. The number of rotatable bonds is 6. The number of likely N-dealkylation sites (tertiary alicyclic amines) is 1. The molecule has 0 aromatic heterocycles. The Kier molecular flexibility index (Phi) is 6.82. The van der Waals surface area contributed by atoms with Gasteiger partial charge in [-0.3, -0.25) is 14.4 Å². The number of nitrogens with one attached hydrogen (secondary N) is 2. The standard InChI is InChI=1S/C21H21ClFN3O3/c22-15-5-8-17(21(29)24-10-9-19(27)26-11-1-2-12-26)18(13-15)25-20(28)14-3-6-16(23)7-4-14/h3-8,13H,1-2,9-12H2,(H,24,29)(H,25,28). The molecule has 2 N–H and O–H groups in total. The van der Waals surface area contributed by atoms with E-state index in [9.17, 15) is 18.8 Å². The molecule has 0 aliphatic carbocycles. The van der Waals surface area contributed by atoms with E-state index in [4.69, 9.17) is 11.6 Å². The predicted molar refractivity (Wildman–Crippen MR) is 109 cm³/mol. The Balaban J connectivity index is 1.64. The van der Waals surface area contributed by atoms with Gasteiger partial charge in [0, 0.05) is 36.6 Å². The average molecular weight is 418 g/mol. The fourth-order valence-corrected chi connectivity index (χ4v) is 3.29. The van der Waals surface area contributed by atoms with E-state index in [1.807, 2.05) is 0 Å². The first-order valence-corrected chi connectivity index (χ1v) is 9.74. The van der Waals surface area contributed by atoms with Gasteiger partial charge in [-0.1, -0.05) is 11.6 Å². The van der Waals surface area contributed by atoms with Crippen LogP contribution in [0.2, 0.25) is 5.02 Å². The number of halogens is 2. The highest BCUT2D eigenvalue weighted by atomic mass is 35.5. The van der Waals surface area contributed by atoms with Gasteiger partial charge in [0.1, 0.15) is 5.82 Å². The monoisotopic (exact) mass is 417 g/mol. The molecule has 0 spiro atoms. The Morgan fingerprint density at radius 1 is 1.00 bits per heavy atom. The van der Waals surface area contributed by atoms with Crippen LogP contribution in [0.15, 0.2) is 42.5 Å². The molecule has 1 fully saturated rings. The van der Waals surface area contributed by atoms with E-state index in [1.165, 1.54) is 36.4 Å². The van der Waals surface area contributed by atoms with Gasteiger partial charge in [-0.05, 0) is 55.3 Å². The van der Waals surface area contributed by atoms with Crippen molar-refractivity contribution in [3.8, 4) is 0 Å². The third-order valence-corrected chi connectivity index (χ3v) is 4.90. The van der Waals surface area contributed by atoms with Crippen molar-refractivity contribution in [1.29, 1.82) is 0 Å². The van der Waals surface area contributed by atoms with E-state index in [1.54, 1.807) is 11.0 Å². The SMILES string of the molecule is O=C(Nc1cc(Cl)ccc1C(=O)NCCC(=O)N1CCCC1)c1ccc(F)cc1. The Labute approximate surface area is 173 Å². The second-order valence-electron chi connectivity index (χ2n) is 6.74. The first-order valence-electron chi connectivity index (χ1n) is 9.36. The van der Waals surface area contributed by atoms with Gasteiger partial charge in [0.15, 0.2) is 0 Å². The van der Waals surface area contributed by atoms with Crippen LogP contribution in [-0.2, 0) is 4.79 Å². The van der Waals surface area contributed by atoms with Gasteiger partial charge in [0.05, 0.1) is 11.3 Å². The summed E-state index contributed by atoms with van der Waals surface area (Å²) in [6.45, 7) is 1.73. The van der Waals surface area contributed by atoms with Crippen LogP contribution in [0.25, 0.3) is 0 Å².